The summed E-state index contributed by atoms with van der Waals surface area (Å²) in [5.41, 5.74) is 9.22. The molecule has 1 amide bonds. The van der Waals surface area contributed by atoms with E-state index in [0.717, 1.165) is 34.0 Å². The topological polar surface area (TPSA) is 130 Å². The van der Waals surface area contributed by atoms with Crippen LogP contribution in [0.4, 0.5) is 11.5 Å². The summed E-state index contributed by atoms with van der Waals surface area (Å²) >= 11 is 1.56. The molecule has 5 rings (SSSR count). The zero-order valence-electron chi connectivity index (χ0n) is 18.3. The fourth-order valence-corrected chi connectivity index (χ4v) is 4.92. The largest absolute Gasteiger partial charge is 0.398 e. The van der Waals surface area contributed by atoms with E-state index in [4.69, 9.17) is 25.8 Å². The Labute approximate surface area is 200 Å². The maximum Gasteiger partial charge on any atom is 0.253 e. The minimum Gasteiger partial charge on any atom is -0.398 e. The van der Waals surface area contributed by atoms with Crippen LogP contribution in [-0.2, 0) is 11.3 Å². The van der Waals surface area contributed by atoms with Crippen LogP contribution in [-0.4, -0.2) is 53.4 Å². The molecule has 1 aromatic carbocycles. The Hall–Kier alpha value is -3.89. The molecule has 0 radical (unpaired) electrons. The number of nitrogens with two attached hydrogens (primary N) is 1. The number of hydrogen-bond acceptors (Lipinski definition) is 9. The maximum atomic E-state index is 12.5. The number of benzene rings is 1. The summed E-state index contributed by atoms with van der Waals surface area (Å²) in [6.45, 7) is 3.08. The zero-order valence-corrected chi connectivity index (χ0v) is 19.1. The average molecular weight is 474 g/mol. The molecule has 0 spiro atoms. The highest BCUT2D eigenvalue weighted by molar-refractivity contribution is 7.19. The van der Waals surface area contributed by atoms with Crippen LogP contribution in [0.3, 0.4) is 0 Å². The second kappa shape index (κ2) is 9.54. The van der Waals surface area contributed by atoms with Crippen molar-refractivity contribution in [2.24, 2.45) is 0 Å². The van der Waals surface area contributed by atoms with Crippen LogP contribution in [0, 0.1) is 5.41 Å². The van der Waals surface area contributed by atoms with Crippen molar-refractivity contribution in [3.63, 3.8) is 0 Å². The van der Waals surface area contributed by atoms with Gasteiger partial charge in [-0.1, -0.05) is 12.1 Å². The van der Waals surface area contributed by atoms with E-state index in [1.807, 2.05) is 18.2 Å². The molecule has 1 fully saturated rings. The van der Waals surface area contributed by atoms with Gasteiger partial charge in [0.05, 0.1) is 35.5 Å². The molecule has 4 N–H and O–H groups in total. The van der Waals surface area contributed by atoms with Crippen molar-refractivity contribution in [1.82, 2.24) is 20.3 Å². The van der Waals surface area contributed by atoms with Gasteiger partial charge in [0, 0.05) is 53.4 Å². The molecule has 1 saturated heterocycles. The summed E-state index contributed by atoms with van der Waals surface area (Å²) < 4.78 is 6.49. The lowest BCUT2D eigenvalue weighted by atomic mass is 10.1. The van der Waals surface area contributed by atoms with Crippen LogP contribution in [0.15, 0.2) is 48.8 Å². The Bertz CT molecular complexity index is 1350. The third-order valence-corrected chi connectivity index (χ3v) is 6.71. The van der Waals surface area contributed by atoms with E-state index < -0.39 is 0 Å². The smallest absolute Gasteiger partial charge is 0.253 e. The van der Waals surface area contributed by atoms with Gasteiger partial charge in [-0.25, -0.2) is 9.97 Å². The first-order chi connectivity index (χ1) is 16.6. The molecule has 1 aliphatic heterocycles. The number of nitrogen functional groups attached to an aromatic ring is 1. The van der Waals surface area contributed by atoms with Crippen LogP contribution in [0.5, 0.6) is 0 Å². The Kier molecular flexibility index (Phi) is 6.15. The van der Waals surface area contributed by atoms with Gasteiger partial charge in [0.15, 0.2) is 11.6 Å². The van der Waals surface area contributed by atoms with Gasteiger partial charge >= 0.3 is 0 Å². The van der Waals surface area contributed by atoms with Gasteiger partial charge in [-0.2, -0.15) is 0 Å². The number of thiophene rings is 1. The van der Waals surface area contributed by atoms with E-state index in [2.05, 4.69) is 15.2 Å². The standard InChI is InChI=1S/C24H23N7O2S/c25-12-18-17(4-1-5-19(18)26)22-29-20-11-16(14-28-24(32)15-3-2-6-27-13-15)34-21(20)23(30-22)31-7-9-33-10-8-31/h1-6,11-13,25H,7-10,14,26H2,(H,28,32). The second-order valence-electron chi connectivity index (χ2n) is 7.77. The number of ether oxygens (including phenoxy) is 1. The number of carbonyl (C=O) groups excluding carboxylic acids is 1. The number of nitrogens with one attached hydrogen (secondary N) is 2. The van der Waals surface area contributed by atoms with Crippen molar-refractivity contribution >= 4 is 45.2 Å². The van der Waals surface area contributed by atoms with Crippen molar-refractivity contribution < 1.29 is 9.53 Å². The average Bonchev–Trinajstić information content (AvgIpc) is 3.30. The van der Waals surface area contributed by atoms with Gasteiger partial charge in [0.2, 0.25) is 0 Å². The summed E-state index contributed by atoms with van der Waals surface area (Å²) in [6, 6.07) is 10.9. The molecule has 4 heterocycles. The fourth-order valence-electron chi connectivity index (χ4n) is 3.87. The molecule has 0 aliphatic carbocycles. The number of carbonyl (C=O) groups is 1. The molecule has 34 heavy (non-hydrogen) atoms. The van der Waals surface area contributed by atoms with E-state index in [0.29, 0.717) is 48.0 Å². The first-order valence-corrected chi connectivity index (χ1v) is 11.7. The molecular formula is C24H23N7O2S. The van der Waals surface area contributed by atoms with E-state index in [9.17, 15) is 4.79 Å². The number of pyridine rings is 1. The molecule has 0 bridgehead atoms. The van der Waals surface area contributed by atoms with E-state index in [-0.39, 0.29) is 5.91 Å². The summed E-state index contributed by atoms with van der Waals surface area (Å²) in [5, 5.41) is 10.8. The molecule has 0 atom stereocenters. The van der Waals surface area contributed by atoms with Gasteiger partial charge < -0.3 is 26.1 Å². The molecule has 1 aliphatic rings. The van der Waals surface area contributed by atoms with Crippen LogP contribution in [0.2, 0.25) is 0 Å². The molecule has 0 saturated carbocycles. The third-order valence-electron chi connectivity index (χ3n) is 5.59. The van der Waals surface area contributed by atoms with E-state index in [1.54, 1.807) is 41.9 Å². The van der Waals surface area contributed by atoms with Crippen LogP contribution in [0.1, 0.15) is 20.8 Å². The Balaban J connectivity index is 1.53. The summed E-state index contributed by atoms with van der Waals surface area (Å²) in [5.74, 6) is 1.17. The van der Waals surface area contributed by atoms with Gasteiger partial charge in [-0.15, -0.1) is 11.3 Å². The summed E-state index contributed by atoms with van der Waals surface area (Å²) in [6.07, 6.45) is 4.41. The third kappa shape index (κ3) is 4.33. The normalized spacial score (nSPS) is 13.7. The first kappa shape index (κ1) is 21.9. The van der Waals surface area contributed by atoms with Gasteiger partial charge in [0.25, 0.3) is 5.91 Å². The van der Waals surface area contributed by atoms with Crippen LogP contribution >= 0.6 is 11.3 Å². The van der Waals surface area contributed by atoms with Gasteiger partial charge in [-0.05, 0) is 24.3 Å². The number of rotatable bonds is 6. The highest BCUT2D eigenvalue weighted by atomic mass is 32.1. The Morgan fingerprint density at radius 1 is 1.24 bits per heavy atom. The molecule has 9 nitrogen and oxygen atoms in total. The number of amides is 1. The number of nitrogens with zero attached hydrogens (tertiary/aromatic N) is 4. The molecule has 4 aromatic rings. The molecule has 0 unspecified atom stereocenters. The molecule has 10 heteroatoms. The Morgan fingerprint density at radius 3 is 2.85 bits per heavy atom. The number of morpholine rings is 1. The minimum atomic E-state index is -0.180. The molecule has 3 aromatic heterocycles. The highest BCUT2D eigenvalue weighted by Crippen LogP contribution is 2.35. The maximum absolute atomic E-state index is 12.5. The van der Waals surface area contributed by atoms with Gasteiger partial charge in [0.1, 0.15) is 0 Å². The predicted molar refractivity (Wildman–Crippen MR) is 134 cm³/mol. The summed E-state index contributed by atoms with van der Waals surface area (Å²) in [7, 11) is 0. The van der Waals surface area contributed by atoms with Crippen LogP contribution in [0.25, 0.3) is 21.6 Å². The predicted octanol–water partition coefficient (Wildman–Crippen LogP) is 3.10. The van der Waals surface area contributed by atoms with Gasteiger partial charge in [-0.3, -0.25) is 9.78 Å². The van der Waals surface area contributed by atoms with Crippen molar-refractivity contribution in [3.05, 3.63) is 64.8 Å². The lowest BCUT2D eigenvalue weighted by molar-refractivity contribution is 0.0951. The molecular weight excluding hydrogens is 450 g/mol. The van der Waals surface area contributed by atoms with Crippen molar-refractivity contribution in [1.29, 1.82) is 5.41 Å². The van der Waals surface area contributed by atoms with Crippen LogP contribution < -0.4 is 16.0 Å². The number of fused-ring (bicyclic) bond motifs is 1. The van der Waals surface area contributed by atoms with E-state index in [1.165, 1.54) is 6.21 Å². The second-order valence-corrected chi connectivity index (χ2v) is 8.91. The lowest BCUT2D eigenvalue weighted by Crippen LogP contribution is -2.36. The first-order valence-electron chi connectivity index (χ1n) is 10.8. The Morgan fingerprint density at radius 2 is 2.09 bits per heavy atom. The molecule has 172 valence electrons. The fraction of sp³-hybridized carbons (Fsp3) is 0.208. The highest BCUT2D eigenvalue weighted by Gasteiger charge is 2.21. The van der Waals surface area contributed by atoms with E-state index >= 15 is 0 Å². The van der Waals surface area contributed by atoms with Crippen molar-refractivity contribution in [2.45, 2.75) is 6.54 Å². The lowest BCUT2D eigenvalue weighted by Gasteiger charge is -2.28. The van der Waals surface area contributed by atoms with Crippen molar-refractivity contribution in [3.8, 4) is 11.4 Å². The quantitative estimate of drug-likeness (QED) is 0.290. The number of hydrogen-bond donors (Lipinski definition) is 3. The SMILES string of the molecule is N=Cc1c(N)cccc1-c1nc(N2CCOCC2)c2sc(CNC(=O)c3cccnc3)cc2n1. The number of anilines is 2. The number of aromatic nitrogens is 3. The van der Waals surface area contributed by atoms with Crippen molar-refractivity contribution in [2.75, 3.05) is 36.9 Å². The summed E-state index contributed by atoms with van der Waals surface area (Å²) in [4.78, 5) is 29.4. The zero-order chi connectivity index (χ0) is 23.5. The minimum absolute atomic E-state index is 0.180. The monoisotopic (exact) mass is 473 g/mol.